The van der Waals surface area contributed by atoms with Gasteiger partial charge in [0, 0.05) is 11.1 Å². The van der Waals surface area contributed by atoms with Gasteiger partial charge in [0.1, 0.15) is 42.2 Å². The number of hydrogen-bond acceptors (Lipinski definition) is 13. The number of carbonyl (C=O) groups excluding carboxylic acids is 3. The molecule has 1 aromatic heterocycles. The van der Waals surface area contributed by atoms with Crippen molar-refractivity contribution in [2.45, 2.75) is 49.5 Å². The Kier molecular flexibility index (Phi) is 14.1. The van der Waals surface area contributed by atoms with E-state index < -0.39 is 50.7 Å². The third-order valence-electron chi connectivity index (χ3n) is 8.99. The minimum Gasteiger partial charge on any atom is -0.741 e. The highest BCUT2D eigenvalue weighted by molar-refractivity contribution is 8.03. The van der Waals surface area contributed by atoms with Crippen molar-refractivity contribution in [3.05, 3.63) is 129 Å². The van der Waals surface area contributed by atoms with Crippen molar-refractivity contribution in [2.24, 2.45) is 5.16 Å². The first kappa shape index (κ1) is 46.8. The fourth-order valence-corrected chi connectivity index (χ4v) is 8.78. The van der Waals surface area contributed by atoms with Gasteiger partial charge in [0.2, 0.25) is 0 Å². The van der Waals surface area contributed by atoms with Crippen LogP contribution >= 0.6 is 23.1 Å². The first-order valence-electron chi connectivity index (χ1n) is 18.5. The molecule has 2 aliphatic rings. The molecule has 14 nitrogen and oxygen atoms in total. The van der Waals surface area contributed by atoms with E-state index in [9.17, 15) is 27.6 Å². The summed E-state index contributed by atoms with van der Waals surface area (Å²) in [6.07, 6.45) is 0. The molecule has 3 aromatic carbocycles. The minimum absolute atomic E-state index is 0.0788. The molecule has 6 rings (SSSR count). The number of likely N-dealkylation sites (N-methyl/N-ethyl adjacent to an activating group) is 1. The number of benzene rings is 3. The number of thioether (sulfide) groups is 1. The fraction of sp³-hybridized carbons (Fsp3) is 0.341. The summed E-state index contributed by atoms with van der Waals surface area (Å²) in [5.41, 5.74) is -3.78. The summed E-state index contributed by atoms with van der Waals surface area (Å²) in [5.74, 6) is -1.07. The van der Waals surface area contributed by atoms with Crippen molar-refractivity contribution in [2.75, 3.05) is 45.9 Å². The molecule has 0 radical (unpaired) electrons. The number of nitrogens with one attached hydrogen (secondary N) is 2. The van der Waals surface area contributed by atoms with Gasteiger partial charge < -0.3 is 29.2 Å². The van der Waals surface area contributed by atoms with Crippen LogP contribution in [0.4, 0.5) is 18.3 Å². The van der Waals surface area contributed by atoms with Crippen LogP contribution in [0, 0.1) is 0 Å². The van der Waals surface area contributed by atoms with Gasteiger partial charge in [0.15, 0.2) is 21.0 Å². The Labute approximate surface area is 360 Å². The summed E-state index contributed by atoms with van der Waals surface area (Å²) in [7, 11) is 1.33. The zero-order valence-electron chi connectivity index (χ0n) is 34.2. The van der Waals surface area contributed by atoms with Gasteiger partial charge in [-0.15, -0.1) is 23.1 Å². The molecule has 20 heteroatoms. The van der Waals surface area contributed by atoms with Crippen LogP contribution in [0.1, 0.15) is 43.2 Å². The number of nitrogens with zero attached hydrogens (tertiary/aromatic N) is 4. The Morgan fingerprint density at radius 1 is 0.934 bits per heavy atom. The topological polar surface area (TPSA) is 179 Å². The lowest BCUT2D eigenvalue weighted by atomic mass is 9.77. The third-order valence-corrected chi connectivity index (χ3v) is 11.5. The Balaban J connectivity index is 0.000000800. The van der Waals surface area contributed by atoms with Crippen molar-refractivity contribution in [3.63, 3.8) is 0 Å². The zero-order chi connectivity index (χ0) is 45.0. The Bertz CT molecular complexity index is 2290. The number of oxime groups is 1. The number of halogens is 3. The molecule has 2 N–H and O–H groups in total. The van der Waals surface area contributed by atoms with Crippen LogP contribution in [0.3, 0.4) is 0 Å². The van der Waals surface area contributed by atoms with Gasteiger partial charge in [-0.25, -0.2) is 18.2 Å². The summed E-state index contributed by atoms with van der Waals surface area (Å²) < 4.78 is 65.2. The van der Waals surface area contributed by atoms with Gasteiger partial charge in [0.25, 0.3) is 11.8 Å². The van der Waals surface area contributed by atoms with Crippen LogP contribution in [-0.4, -0.2) is 115 Å². The molecule has 0 bridgehead atoms. The Morgan fingerprint density at radius 3 is 1.85 bits per heavy atom. The molecule has 1 fully saturated rings. The maximum Gasteiger partial charge on any atom is 0.485 e. The molecule has 0 spiro atoms. The number of anilines is 1. The number of fused-ring (bicyclic) bond motifs is 1. The van der Waals surface area contributed by atoms with E-state index in [1.165, 1.54) is 35.1 Å². The number of amides is 2. The number of alkyl halides is 3. The van der Waals surface area contributed by atoms with E-state index in [1.54, 1.807) is 26.2 Å². The summed E-state index contributed by atoms with van der Waals surface area (Å²) in [6, 6.07) is 29.1. The molecular weight excluding hydrogens is 858 g/mol. The summed E-state index contributed by atoms with van der Waals surface area (Å²) in [5, 5.41) is 12.9. The minimum atomic E-state index is -6.09. The van der Waals surface area contributed by atoms with Gasteiger partial charge in [0.05, 0.1) is 32.1 Å². The maximum atomic E-state index is 13.9. The first-order chi connectivity index (χ1) is 28.5. The average molecular weight is 903 g/mol. The number of ether oxygens (including phenoxy) is 1. The second-order valence-corrected chi connectivity index (χ2v) is 19.1. The fourth-order valence-electron chi connectivity index (χ4n) is 6.51. The smallest absolute Gasteiger partial charge is 0.485 e. The van der Waals surface area contributed by atoms with Crippen LogP contribution < -0.4 is 10.6 Å². The molecular formula is C41H45F3N6O8S3. The van der Waals surface area contributed by atoms with Gasteiger partial charge in [-0.3, -0.25) is 14.5 Å². The number of hydrogen-bond donors (Lipinski definition) is 2. The lowest BCUT2D eigenvalue weighted by Crippen LogP contribution is -2.73. The summed E-state index contributed by atoms with van der Waals surface area (Å²) >= 11 is 2.84. The quantitative estimate of drug-likeness (QED) is 0.0262. The normalized spacial score (nSPS) is 17.3. The standard InChI is InChI=1S/C40H44N6O5S2.CHF3O3S/c1-39(2,3)51-37(49)34-31(23-46(4,5)6)52-25-30-33(36(48)45(30)34)42-35(47)32(44-50-7)29-24-53-38(41-29)43-40(26-17-11-8-12-18-26,27-19-13-9-14-20-27)28-21-15-10-16-22-28;2-1(3,4)8(5,6)7/h8-22,24,30,33H,23,25H2,1-7H3,(H-,41,42,43,47);(H,5,6,7). The maximum absolute atomic E-state index is 13.9. The van der Waals surface area contributed by atoms with E-state index in [4.69, 9.17) is 27.5 Å². The highest BCUT2D eigenvalue weighted by atomic mass is 32.2. The van der Waals surface area contributed by atoms with Gasteiger partial charge in [-0.1, -0.05) is 96.2 Å². The zero-order valence-corrected chi connectivity index (χ0v) is 36.7. The number of esters is 1. The molecule has 2 amide bonds. The van der Waals surface area contributed by atoms with Crippen LogP contribution in [0.2, 0.25) is 0 Å². The SMILES string of the molecule is CON=C(C(=O)NC1C(=O)N2C(C(=O)OC(C)(C)C)=C(C[N+](C)(C)C)SCC12)c1csc(NC(c2ccccc2)(c2ccccc2)c2ccccc2)n1.O=S(=O)([O-])C(F)(F)F. The molecule has 3 heterocycles. The van der Waals surface area contributed by atoms with Crippen LogP contribution in [0.5, 0.6) is 0 Å². The number of aromatic nitrogens is 1. The number of rotatable bonds is 12. The predicted octanol–water partition coefficient (Wildman–Crippen LogP) is 5.65. The van der Waals surface area contributed by atoms with Crippen LogP contribution in [0.15, 0.2) is 112 Å². The van der Waals surface area contributed by atoms with E-state index in [-0.39, 0.29) is 23.0 Å². The molecule has 2 atom stereocenters. The molecule has 0 aliphatic carbocycles. The number of thiazole rings is 1. The van der Waals surface area contributed by atoms with E-state index in [0.29, 0.717) is 21.9 Å². The average Bonchev–Trinajstić information content (AvgIpc) is 3.65. The molecule has 4 aromatic rings. The Morgan fingerprint density at radius 2 is 1.43 bits per heavy atom. The molecule has 2 aliphatic heterocycles. The predicted molar refractivity (Wildman–Crippen MR) is 225 cm³/mol. The molecule has 0 saturated carbocycles. The molecule has 61 heavy (non-hydrogen) atoms. The van der Waals surface area contributed by atoms with Gasteiger partial charge in [-0.05, 0) is 37.5 Å². The largest absolute Gasteiger partial charge is 0.741 e. The van der Waals surface area contributed by atoms with Crippen LogP contribution in [0.25, 0.3) is 0 Å². The van der Waals surface area contributed by atoms with Crippen molar-refractivity contribution in [1.82, 2.24) is 15.2 Å². The van der Waals surface area contributed by atoms with Crippen LogP contribution in [-0.2, 0) is 39.6 Å². The number of β-lactam (4-membered cyclic amide) rings is 1. The summed E-state index contributed by atoms with van der Waals surface area (Å²) in [4.78, 5) is 53.4. The van der Waals surface area contributed by atoms with Crippen molar-refractivity contribution < 1.29 is 54.6 Å². The summed E-state index contributed by atoms with van der Waals surface area (Å²) in [6.45, 7) is 5.92. The monoisotopic (exact) mass is 902 g/mol. The van der Waals surface area contributed by atoms with Gasteiger partial charge >= 0.3 is 11.5 Å². The number of carbonyl (C=O) groups is 3. The Hall–Kier alpha value is -5.28. The van der Waals surface area contributed by atoms with Crippen molar-refractivity contribution in [1.29, 1.82) is 0 Å². The van der Waals surface area contributed by atoms with E-state index >= 15 is 0 Å². The number of quaternary nitrogens is 1. The van der Waals surface area contributed by atoms with Gasteiger partial charge in [-0.2, -0.15) is 13.2 Å². The van der Waals surface area contributed by atoms with Crippen molar-refractivity contribution >= 4 is 61.8 Å². The lowest BCUT2D eigenvalue weighted by molar-refractivity contribution is -0.864. The van der Waals surface area contributed by atoms with Crippen molar-refractivity contribution in [3.8, 4) is 0 Å². The second kappa shape index (κ2) is 18.4. The second-order valence-electron chi connectivity index (χ2n) is 15.8. The molecule has 326 valence electrons. The lowest BCUT2D eigenvalue weighted by Gasteiger charge is -2.50. The highest BCUT2D eigenvalue weighted by Gasteiger charge is 2.55. The first-order valence-corrected chi connectivity index (χ1v) is 21.8. The van der Waals surface area contributed by atoms with E-state index in [1.807, 2.05) is 75.7 Å². The molecule has 1 saturated heterocycles. The van der Waals surface area contributed by atoms with E-state index in [0.717, 1.165) is 21.6 Å². The molecule has 2 unspecified atom stereocenters. The third kappa shape index (κ3) is 11.0. The van der Waals surface area contributed by atoms with E-state index in [2.05, 4.69) is 52.2 Å². The highest BCUT2D eigenvalue weighted by Crippen LogP contribution is 2.42.